The third-order valence-corrected chi connectivity index (χ3v) is 5.40. The van der Waals surface area contributed by atoms with E-state index in [1.807, 2.05) is 24.3 Å². The van der Waals surface area contributed by atoms with Crippen LogP contribution in [0.15, 0.2) is 58.1 Å². The average molecular weight is 453 g/mol. The minimum atomic E-state index is -0.390. The number of ether oxygens (including phenoxy) is 1. The molecule has 0 spiro atoms. The molecule has 0 aliphatic carbocycles. The van der Waals surface area contributed by atoms with Crippen molar-refractivity contribution < 1.29 is 14.1 Å². The summed E-state index contributed by atoms with van der Waals surface area (Å²) in [6.07, 6.45) is 2.40. The van der Waals surface area contributed by atoms with E-state index in [4.69, 9.17) is 20.9 Å². The molecule has 0 unspecified atom stereocenters. The number of aromatic nitrogens is 3. The molecule has 2 aromatic carbocycles. The van der Waals surface area contributed by atoms with E-state index in [0.29, 0.717) is 27.7 Å². The van der Waals surface area contributed by atoms with Crippen molar-refractivity contribution in [3.63, 3.8) is 0 Å². The minimum Gasteiger partial charge on any atom is -0.495 e. The lowest BCUT2D eigenvalue weighted by molar-refractivity contribution is -0.116. The number of carbonyl (C=O) groups is 1. The Morgan fingerprint density at radius 3 is 2.69 bits per heavy atom. The van der Waals surface area contributed by atoms with Crippen molar-refractivity contribution in [2.75, 3.05) is 12.4 Å². The van der Waals surface area contributed by atoms with Gasteiger partial charge in [-0.2, -0.15) is 0 Å². The summed E-state index contributed by atoms with van der Waals surface area (Å²) in [6.45, 7) is 2.22. The molecule has 0 aliphatic heterocycles. The topological polar surface area (TPSA) is 99.2 Å². The Kier molecular flexibility index (Phi) is 6.23. The van der Waals surface area contributed by atoms with Gasteiger partial charge in [-0.1, -0.05) is 47.9 Å². The number of anilines is 1. The Morgan fingerprint density at radius 2 is 2.00 bits per heavy atom. The van der Waals surface area contributed by atoms with E-state index in [2.05, 4.69) is 22.4 Å². The molecular formula is C23H21ClN4O4. The Balaban J connectivity index is 1.48. The maximum Gasteiger partial charge on any atom is 0.299 e. The molecule has 4 aromatic rings. The van der Waals surface area contributed by atoms with Gasteiger partial charge >= 0.3 is 0 Å². The average Bonchev–Trinajstić information content (AvgIpc) is 3.24. The zero-order valence-corrected chi connectivity index (χ0v) is 18.3. The molecule has 1 amide bonds. The number of nitrogens with one attached hydrogen (secondary N) is 1. The first-order valence-corrected chi connectivity index (χ1v) is 10.5. The van der Waals surface area contributed by atoms with Crippen LogP contribution < -0.4 is 15.6 Å². The SMILES string of the molecule is CCc1ccc(-c2noc3c(=O)n(CCC(=O)Nc4ccc(OC)c(Cl)c4)cnc23)cc1. The molecule has 2 aromatic heterocycles. The second-order valence-electron chi connectivity index (χ2n) is 7.15. The number of hydrogen-bond donors (Lipinski definition) is 1. The second-order valence-corrected chi connectivity index (χ2v) is 7.56. The van der Waals surface area contributed by atoms with E-state index in [9.17, 15) is 9.59 Å². The monoisotopic (exact) mass is 452 g/mol. The van der Waals surface area contributed by atoms with Gasteiger partial charge in [0.1, 0.15) is 17.0 Å². The first kappa shape index (κ1) is 21.6. The maximum atomic E-state index is 12.8. The highest BCUT2D eigenvalue weighted by atomic mass is 35.5. The van der Waals surface area contributed by atoms with Crippen LogP contribution in [0.3, 0.4) is 0 Å². The van der Waals surface area contributed by atoms with Crippen molar-refractivity contribution in [2.24, 2.45) is 0 Å². The lowest BCUT2D eigenvalue weighted by Gasteiger charge is -2.09. The Labute approximate surface area is 188 Å². The van der Waals surface area contributed by atoms with Crippen molar-refractivity contribution in [3.8, 4) is 17.0 Å². The van der Waals surface area contributed by atoms with Crippen LogP contribution in [-0.2, 0) is 17.8 Å². The van der Waals surface area contributed by atoms with Crippen LogP contribution in [0.25, 0.3) is 22.4 Å². The molecule has 0 atom stereocenters. The molecule has 32 heavy (non-hydrogen) atoms. The maximum absolute atomic E-state index is 12.8. The van der Waals surface area contributed by atoms with Crippen molar-refractivity contribution in [2.45, 2.75) is 26.3 Å². The van der Waals surface area contributed by atoms with E-state index in [1.165, 1.54) is 23.6 Å². The van der Waals surface area contributed by atoms with Gasteiger partial charge in [-0.3, -0.25) is 14.2 Å². The van der Waals surface area contributed by atoms with Crippen molar-refractivity contribution in [1.82, 2.24) is 14.7 Å². The number of rotatable bonds is 7. The van der Waals surface area contributed by atoms with Crippen LogP contribution in [0.2, 0.25) is 5.02 Å². The van der Waals surface area contributed by atoms with Gasteiger partial charge < -0.3 is 14.6 Å². The predicted octanol–water partition coefficient (Wildman–Crippen LogP) is 4.30. The molecule has 9 heteroatoms. The second kappa shape index (κ2) is 9.23. The standard InChI is InChI=1S/C23H21ClN4O4/c1-3-14-4-6-15(7-5-14)20-21-22(32-27-20)23(30)28(13-25-21)11-10-19(29)26-16-8-9-18(31-2)17(24)12-16/h4-9,12-13H,3,10-11H2,1-2H3,(H,26,29). The first-order chi connectivity index (χ1) is 15.5. The van der Waals surface area contributed by atoms with Crippen LogP contribution in [0.1, 0.15) is 18.9 Å². The number of nitrogens with zero attached hydrogens (tertiary/aromatic N) is 3. The number of amides is 1. The highest BCUT2D eigenvalue weighted by Crippen LogP contribution is 2.27. The summed E-state index contributed by atoms with van der Waals surface area (Å²) in [5.74, 6) is 0.246. The molecule has 1 N–H and O–H groups in total. The molecule has 164 valence electrons. The summed E-state index contributed by atoms with van der Waals surface area (Å²) in [7, 11) is 1.52. The van der Waals surface area contributed by atoms with Gasteiger partial charge in [-0.15, -0.1) is 0 Å². The number of halogens is 1. The Bertz CT molecular complexity index is 1330. The minimum absolute atomic E-state index is 0.0596. The quantitative estimate of drug-likeness (QED) is 0.448. The molecule has 0 saturated carbocycles. The van der Waals surface area contributed by atoms with Gasteiger partial charge in [0.15, 0.2) is 0 Å². The summed E-state index contributed by atoms with van der Waals surface area (Å²) in [6, 6.07) is 12.8. The summed E-state index contributed by atoms with van der Waals surface area (Å²) in [5, 5.41) is 7.18. The summed E-state index contributed by atoms with van der Waals surface area (Å²) >= 11 is 6.08. The van der Waals surface area contributed by atoms with E-state index in [1.54, 1.807) is 18.2 Å². The van der Waals surface area contributed by atoms with Crippen LogP contribution in [0.4, 0.5) is 5.69 Å². The Morgan fingerprint density at radius 1 is 1.22 bits per heavy atom. The van der Waals surface area contributed by atoms with Gasteiger partial charge in [-0.05, 0) is 30.2 Å². The van der Waals surface area contributed by atoms with Gasteiger partial charge in [0.05, 0.1) is 18.5 Å². The zero-order chi connectivity index (χ0) is 22.7. The predicted molar refractivity (Wildman–Crippen MR) is 122 cm³/mol. The van der Waals surface area contributed by atoms with Crippen molar-refractivity contribution >= 4 is 34.3 Å². The van der Waals surface area contributed by atoms with Crippen LogP contribution in [0.5, 0.6) is 5.75 Å². The first-order valence-electron chi connectivity index (χ1n) is 10.1. The number of carbonyl (C=O) groups excluding carboxylic acids is 1. The van der Waals surface area contributed by atoms with Gasteiger partial charge in [-0.25, -0.2) is 4.98 Å². The van der Waals surface area contributed by atoms with Gasteiger partial charge in [0, 0.05) is 24.2 Å². The lowest BCUT2D eigenvalue weighted by Crippen LogP contribution is -2.23. The number of fused-ring (bicyclic) bond motifs is 1. The number of methoxy groups -OCH3 is 1. The number of benzene rings is 2. The number of aryl methyl sites for hydroxylation is 2. The van der Waals surface area contributed by atoms with E-state index in [-0.39, 0.29) is 30.0 Å². The third kappa shape index (κ3) is 4.36. The molecule has 0 aliphatic rings. The molecule has 0 saturated heterocycles. The highest BCUT2D eigenvalue weighted by molar-refractivity contribution is 6.32. The Hall–Kier alpha value is -3.65. The fourth-order valence-corrected chi connectivity index (χ4v) is 3.55. The summed E-state index contributed by atoms with van der Waals surface area (Å²) < 4.78 is 11.7. The smallest absolute Gasteiger partial charge is 0.299 e. The summed E-state index contributed by atoms with van der Waals surface area (Å²) in [4.78, 5) is 29.5. The third-order valence-electron chi connectivity index (χ3n) is 5.10. The molecule has 0 radical (unpaired) electrons. The van der Waals surface area contributed by atoms with Crippen LogP contribution in [0, 0.1) is 0 Å². The fourth-order valence-electron chi connectivity index (χ4n) is 3.29. The summed E-state index contributed by atoms with van der Waals surface area (Å²) in [5.41, 5.74) is 3.14. The molecule has 0 fully saturated rings. The lowest BCUT2D eigenvalue weighted by atomic mass is 10.1. The molecule has 4 rings (SSSR count). The molecule has 8 nitrogen and oxygen atoms in total. The normalized spacial score (nSPS) is 11.0. The molecular weight excluding hydrogens is 432 g/mol. The number of hydrogen-bond acceptors (Lipinski definition) is 6. The molecule has 0 bridgehead atoms. The zero-order valence-electron chi connectivity index (χ0n) is 17.6. The van der Waals surface area contributed by atoms with Gasteiger partial charge in [0.25, 0.3) is 11.1 Å². The van der Waals surface area contributed by atoms with Crippen LogP contribution >= 0.6 is 11.6 Å². The van der Waals surface area contributed by atoms with E-state index < -0.39 is 0 Å². The van der Waals surface area contributed by atoms with E-state index >= 15 is 0 Å². The van der Waals surface area contributed by atoms with Crippen molar-refractivity contribution in [1.29, 1.82) is 0 Å². The van der Waals surface area contributed by atoms with E-state index in [0.717, 1.165) is 12.0 Å². The van der Waals surface area contributed by atoms with Crippen LogP contribution in [-0.4, -0.2) is 27.7 Å². The largest absolute Gasteiger partial charge is 0.495 e. The van der Waals surface area contributed by atoms with Gasteiger partial charge in [0.2, 0.25) is 5.91 Å². The van der Waals surface area contributed by atoms with Crippen molar-refractivity contribution in [3.05, 3.63) is 69.7 Å². The molecule has 2 heterocycles. The highest BCUT2D eigenvalue weighted by Gasteiger charge is 2.17. The fraction of sp³-hybridized carbons (Fsp3) is 0.217.